The second-order valence-corrected chi connectivity index (χ2v) is 4.98. The number of carbonyl (C=O) groups excluding carboxylic acids is 1. The minimum Gasteiger partial charge on any atom is -0.382 e. The summed E-state index contributed by atoms with van der Waals surface area (Å²) < 4.78 is 3.69. The third kappa shape index (κ3) is 2.62. The molecule has 0 aromatic carbocycles. The summed E-state index contributed by atoms with van der Waals surface area (Å²) in [5.74, 6) is 0.301. The number of imidazole rings is 1. The molecule has 0 spiro atoms. The lowest BCUT2D eigenvalue weighted by atomic mass is 10.3. The van der Waals surface area contributed by atoms with Crippen molar-refractivity contribution in [3.8, 4) is 0 Å². The van der Waals surface area contributed by atoms with Gasteiger partial charge in [0.25, 0.3) is 5.91 Å². The van der Waals surface area contributed by atoms with Crippen LogP contribution in [0.2, 0.25) is 0 Å². The van der Waals surface area contributed by atoms with Gasteiger partial charge in [-0.2, -0.15) is 0 Å². The lowest BCUT2D eigenvalue weighted by Crippen LogP contribution is -2.26. The predicted octanol–water partition coefficient (Wildman–Crippen LogP) is 0.567. The van der Waals surface area contributed by atoms with E-state index in [4.69, 9.17) is 5.73 Å². The van der Waals surface area contributed by atoms with E-state index < -0.39 is 0 Å². The number of anilines is 1. The summed E-state index contributed by atoms with van der Waals surface area (Å²) in [5, 5.41) is 2.90. The van der Waals surface area contributed by atoms with Gasteiger partial charge in [-0.25, -0.2) is 15.0 Å². The third-order valence-electron chi connectivity index (χ3n) is 3.47. The molecular formula is C14H17N7O. The molecule has 3 heterocycles. The van der Waals surface area contributed by atoms with Crippen LogP contribution in [-0.2, 0) is 13.6 Å². The summed E-state index contributed by atoms with van der Waals surface area (Å²) in [7, 11) is 1.84. The van der Waals surface area contributed by atoms with Crippen LogP contribution < -0.4 is 11.1 Å². The Morgan fingerprint density at radius 3 is 3.00 bits per heavy atom. The SMILES string of the molecule is Cn1cccc1C(=O)NCCCn1cnc2c(N)ncnc21. The van der Waals surface area contributed by atoms with Crippen molar-refractivity contribution in [1.82, 2.24) is 29.4 Å². The first-order valence-corrected chi connectivity index (χ1v) is 6.97. The van der Waals surface area contributed by atoms with Crippen molar-refractivity contribution in [3.63, 3.8) is 0 Å². The first-order chi connectivity index (χ1) is 10.7. The van der Waals surface area contributed by atoms with E-state index in [2.05, 4.69) is 20.3 Å². The highest BCUT2D eigenvalue weighted by atomic mass is 16.1. The van der Waals surface area contributed by atoms with E-state index in [1.165, 1.54) is 6.33 Å². The number of nitrogen functional groups attached to an aromatic ring is 1. The lowest BCUT2D eigenvalue weighted by molar-refractivity contribution is 0.0944. The van der Waals surface area contributed by atoms with Gasteiger partial charge in [0.1, 0.15) is 17.5 Å². The molecule has 0 aliphatic carbocycles. The number of aromatic nitrogens is 5. The van der Waals surface area contributed by atoms with Gasteiger partial charge in [0, 0.05) is 26.3 Å². The van der Waals surface area contributed by atoms with Crippen molar-refractivity contribution in [2.75, 3.05) is 12.3 Å². The zero-order chi connectivity index (χ0) is 15.5. The van der Waals surface area contributed by atoms with Crippen LogP contribution in [0.25, 0.3) is 11.2 Å². The van der Waals surface area contributed by atoms with Crippen LogP contribution in [0.3, 0.4) is 0 Å². The molecule has 8 nitrogen and oxygen atoms in total. The topological polar surface area (TPSA) is 104 Å². The second kappa shape index (κ2) is 5.84. The molecule has 114 valence electrons. The Bertz CT molecular complexity index is 804. The van der Waals surface area contributed by atoms with Crippen LogP contribution in [-0.4, -0.2) is 36.5 Å². The fourth-order valence-electron chi connectivity index (χ4n) is 2.30. The van der Waals surface area contributed by atoms with E-state index in [9.17, 15) is 4.79 Å². The Balaban J connectivity index is 1.56. The summed E-state index contributed by atoms with van der Waals surface area (Å²) in [4.78, 5) is 24.3. The standard InChI is InChI=1S/C14H17N7O/c1-20-6-2-4-10(20)14(22)16-5-3-7-21-9-19-11-12(15)17-8-18-13(11)21/h2,4,6,8-9H,3,5,7H2,1H3,(H,16,22)(H2,15,17,18). The zero-order valence-corrected chi connectivity index (χ0v) is 12.2. The number of aryl methyl sites for hydroxylation is 2. The molecule has 22 heavy (non-hydrogen) atoms. The van der Waals surface area contributed by atoms with Crippen molar-refractivity contribution in [2.24, 2.45) is 7.05 Å². The minimum absolute atomic E-state index is 0.0745. The molecule has 0 radical (unpaired) electrons. The molecule has 3 rings (SSSR count). The Morgan fingerprint density at radius 2 is 2.23 bits per heavy atom. The number of nitrogens with zero attached hydrogens (tertiary/aromatic N) is 5. The maximum absolute atomic E-state index is 12.0. The van der Waals surface area contributed by atoms with Crippen molar-refractivity contribution in [1.29, 1.82) is 0 Å². The van der Waals surface area contributed by atoms with Gasteiger partial charge in [-0.15, -0.1) is 0 Å². The number of fused-ring (bicyclic) bond motifs is 1. The molecule has 8 heteroatoms. The minimum atomic E-state index is -0.0745. The molecule has 3 N–H and O–H groups in total. The van der Waals surface area contributed by atoms with Gasteiger partial charge in [0.05, 0.1) is 6.33 Å². The fraction of sp³-hybridized carbons (Fsp3) is 0.286. The quantitative estimate of drug-likeness (QED) is 0.670. The van der Waals surface area contributed by atoms with Gasteiger partial charge in [0.15, 0.2) is 11.5 Å². The number of carbonyl (C=O) groups is 1. The van der Waals surface area contributed by atoms with Gasteiger partial charge in [0.2, 0.25) is 0 Å². The lowest BCUT2D eigenvalue weighted by Gasteiger charge is -2.07. The predicted molar refractivity (Wildman–Crippen MR) is 82.1 cm³/mol. The van der Waals surface area contributed by atoms with E-state index >= 15 is 0 Å². The van der Waals surface area contributed by atoms with Crippen LogP contribution >= 0.6 is 0 Å². The van der Waals surface area contributed by atoms with Crippen molar-refractivity contribution >= 4 is 22.9 Å². The molecule has 0 saturated heterocycles. The van der Waals surface area contributed by atoms with Crippen LogP contribution in [0.15, 0.2) is 31.0 Å². The van der Waals surface area contributed by atoms with Gasteiger partial charge in [-0.3, -0.25) is 4.79 Å². The number of hydrogen-bond donors (Lipinski definition) is 2. The number of rotatable bonds is 5. The number of nitrogens with two attached hydrogens (primary N) is 1. The molecule has 0 bridgehead atoms. The average molecular weight is 299 g/mol. The molecule has 0 fully saturated rings. The summed E-state index contributed by atoms with van der Waals surface area (Å²) >= 11 is 0. The second-order valence-electron chi connectivity index (χ2n) is 4.98. The maximum Gasteiger partial charge on any atom is 0.267 e. The van der Waals surface area contributed by atoms with Gasteiger partial charge >= 0.3 is 0 Å². The summed E-state index contributed by atoms with van der Waals surface area (Å²) in [6.45, 7) is 1.27. The fourth-order valence-corrected chi connectivity index (χ4v) is 2.30. The van der Waals surface area contributed by atoms with E-state index in [0.29, 0.717) is 35.8 Å². The summed E-state index contributed by atoms with van der Waals surface area (Å²) in [6.07, 6.45) is 5.73. The smallest absolute Gasteiger partial charge is 0.267 e. The van der Waals surface area contributed by atoms with Crippen molar-refractivity contribution in [2.45, 2.75) is 13.0 Å². The van der Waals surface area contributed by atoms with Crippen LogP contribution in [0, 0.1) is 0 Å². The van der Waals surface area contributed by atoms with Gasteiger partial charge < -0.3 is 20.2 Å². The Hall–Kier alpha value is -2.90. The molecule has 1 amide bonds. The highest BCUT2D eigenvalue weighted by molar-refractivity contribution is 5.92. The molecule has 3 aromatic heterocycles. The first kappa shape index (κ1) is 14.1. The zero-order valence-electron chi connectivity index (χ0n) is 12.2. The molecule has 0 unspecified atom stereocenters. The molecule has 0 atom stereocenters. The highest BCUT2D eigenvalue weighted by Crippen LogP contribution is 2.14. The van der Waals surface area contributed by atoms with Gasteiger partial charge in [-0.05, 0) is 18.6 Å². The van der Waals surface area contributed by atoms with Gasteiger partial charge in [-0.1, -0.05) is 0 Å². The Morgan fingerprint density at radius 1 is 1.36 bits per heavy atom. The summed E-state index contributed by atoms with van der Waals surface area (Å²) in [6, 6.07) is 3.63. The molecule has 3 aromatic rings. The third-order valence-corrected chi connectivity index (χ3v) is 3.47. The Labute approximate surface area is 127 Å². The Kier molecular flexibility index (Phi) is 3.73. The van der Waals surface area contributed by atoms with E-state index in [1.807, 2.05) is 23.9 Å². The van der Waals surface area contributed by atoms with E-state index in [1.54, 1.807) is 17.0 Å². The number of nitrogens with one attached hydrogen (secondary N) is 1. The summed E-state index contributed by atoms with van der Waals surface area (Å²) in [5.41, 5.74) is 7.71. The van der Waals surface area contributed by atoms with Crippen LogP contribution in [0.5, 0.6) is 0 Å². The van der Waals surface area contributed by atoms with E-state index in [0.717, 1.165) is 6.42 Å². The number of amides is 1. The van der Waals surface area contributed by atoms with Crippen LogP contribution in [0.1, 0.15) is 16.9 Å². The molecule has 0 aliphatic heterocycles. The largest absolute Gasteiger partial charge is 0.382 e. The first-order valence-electron chi connectivity index (χ1n) is 6.97. The van der Waals surface area contributed by atoms with Crippen molar-refractivity contribution in [3.05, 3.63) is 36.7 Å². The highest BCUT2D eigenvalue weighted by Gasteiger charge is 2.09. The maximum atomic E-state index is 12.0. The van der Waals surface area contributed by atoms with Crippen molar-refractivity contribution < 1.29 is 4.79 Å². The van der Waals surface area contributed by atoms with Crippen LogP contribution in [0.4, 0.5) is 5.82 Å². The molecule has 0 saturated carbocycles. The average Bonchev–Trinajstić information content (AvgIpc) is 3.11. The monoisotopic (exact) mass is 299 g/mol. The normalized spacial score (nSPS) is 11.0. The number of hydrogen-bond acceptors (Lipinski definition) is 5. The molecule has 0 aliphatic rings. The van der Waals surface area contributed by atoms with E-state index in [-0.39, 0.29) is 5.91 Å². The molecular weight excluding hydrogens is 282 g/mol.